The molecule has 20 heavy (non-hydrogen) atoms. The van der Waals surface area contributed by atoms with E-state index in [1.54, 1.807) is 11.3 Å². The number of hydrogen-bond acceptors (Lipinski definition) is 4. The number of hydrogen-bond donors (Lipinski definition) is 1. The summed E-state index contributed by atoms with van der Waals surface area (Å²) in [6, 6.07) is 0. The van der Waals surface area contributed by atoms with Crippen LogP contribution in [0.25, 0.3) is 0 Å². The van der Waals surface area contributed by atoms with Crippen LogP contribution in [0, 0.1) is 0 Å². The second-order valence-corrected chi connectivity index (χ2v) is 6.82. The van der Waals surface area contributed by atoms with Gasteiger partial charge < -0.3 is 10.1 Å². The van der Waals surface area contributed by atoms with Crippen molar-refractivity contribution in [3.63, 3.8) is 0 Å². The van der Waals surface area contributed by atoms with Gasteiger partial charge in [-0.3, -0.25) is 0 Å². The Morgan fingerprint density at radius 2 is 2.05 bits per heavy atom. The lowest BCUT2D eigenvalue weighted by Gasteiger charge is -2.20. The maximum absolute atomic E-state index is 11.9. The number of thiazole rings is 1. The standard InChI is InChI=1S/C14H24F2N2OS/c1-5-10-11(8-17-14(2,3)4)20-13(18-10)6-7-19-9-12(15)16/h12,17H,5-9H2,1-4H3. The summed E-state index contributed by atoms with van der Waals surface area (Å²) in [6.07, 6.45) is -0.917. The highest BCUT2D eigenvalue weighted by atomic mass is 32.1. The number of nitrogens with one attached hydrogen (secondary N) is 1. The average Bonchev–Trinajstić information content (AvgIpc) is 2.73. The molecule has 0 aliphatic carbocycles. The monoisotopic (exact) mass is 306 g/mol. The maximum Gasteiger partial charge on any atom is 0.261 e. The molecule has 0 aromatic carbocycles. The predicted octanol–water partition coefficient (Wildman–Crippen LogP) is 3.42. The number of halogens is 2. The fourth-order valence-corrected chi connectivity index (χ4v) is 2.71. The van der Waals surface area contributed by atoms with E-state index >= 15 is 0 Å². The van der Waals surface area contributed by atoms with E-state index in [1.807, 2.05) is 0 Å². The van der Waals surface area contributed by atoms with E-state index in [-0.39, 0.29) is 5.54 Å². The highest BCUT2D eigenvalue weighted by Crippen LogP contribution is 2.20. The molecule has 0 saturated carbocycles. The van der Waals surface area contributed by atoms with Gasteiger partial charge in [-0.1, -0.05) is 6.92 Å². The van der Waals surface area contributed by atoms with Crippen LogP contribution in [0.15, 0.2) is 0 Å². The van der Waals surface area contributed by atoms with Crippen LogP contribution in [0.1, 0.15) is 43.3 Å². The number of aryl methyl sites for hydroxylation is 1. The van der Waals surface area contributed by atoms with Crippen molar-refractivity contribution >= 4 is 11.3 Å². The Morgan fingerprint density at radius 3 is 2.60 bits per heavy atom. The lowest BCUT2D eigenvalue weighted by molar-refractivity contribution is 0.0187. The molecule has 0 atom stereocenters. The molecule has 0 aliphatic rings. The molecular weight excluding hydrogens is 282 g/mol. The molecule has 1 N–H and O–H groups in total. The van der Waals surface area contributed by atoms with Crippen molar-refractivity contribution in [3.8, 4) is 0 Å². The van der Waals surface area contributed by atoms with Crippen molar-refractivity contribution in [1.29, 1.82) is 0 Å². The molecule has 0 radical (unpaired) electrons. The van der Waals surface area contributed by atoms with E-state index in [2.05, 4.69) is 38.0 Å². The van der Waals surface area contributed by atoms with Crippen molar-refractivity contribution in [1.82, 2.24) is 10.3 Å². The fraction of sp³-hybridized carbons (Fsp3) is 0.786. The number of ether oxygens (including phenoxy) is 1. The normalized spacial score (nSPS) is 12.3. The zero-order valence-electron chi connectivity index (χ0n) is 12.6. The summed E-state index contributed by atoms with van der Waals surface area (Å²) in [5.74, 6) is 0. The van der Waals surface area contributed by atoms with Gasteiger partial charge in [0.05, 0.1) is 17.3 Å². The number of nitrogens with zero attached hydrogens (tertiary/aromatic N) is 1. The number of aromatic nitrogens is 1. The Balaban J connectivity index is 2.51. The van der Waals surface area contributed by atoms with Gasteiger partial charge in [0.15, 0.2) is 0 Å². The minimum Gasteiger partial charge on any atom is -0.375 e. The quantitative estimate of drug-likeness (QED) is 0.747. The Morgan fingerprint density at radius 1 is 1.35 bits per heavy atom. The Bertz CT molecular complexity index is 402. The van der Waals surface area contributed by atoms with Crippen molar-refractivity contribution in [2.24, 2.45) is 0 Å². The van der Waals surface area contributed by atoms with Crippen LogP contribution in [0.4, 0.5) is 8.78 Å². The molecule has 116 valence electrons. The van der Waals surface area contributed by atoms with Crippen molar-refractivity contribution in [2.45, 2.75) is 59.0 Å². The Hall–Kier alpha value is -0.590. The molecule has 0 aliphatic heterocycles. The molecule has 6 heteroatoms. The van der Waals surface area contributed by atoms with Gasteiger partial charge in [-0.25, -0.2) is 13.8 Å². The summed E-state index contributed by atoms with van der Waals surface area (Å²) in [4.78, 5) is 5.79. The van der Waals surface area contributed by atoms with E-state index in [4.69, 9.17) is 4.74 Å². The first kappa shape index (κ1) is 17.5. The fourth-order valence-electron chi connectivity index (χ4n) is 1.64. The van der Waals surface area contributed by atoms with Crippen LogP contribution in [0.3, 0.4) is 0 Å². The van der Waals surface area contributed by atoms with Gasteiger partial charge in [-0.15, -0.1) is 11.3 Å². The molecule has 3 nitrogen and oxygen atoms in total. The first-order valence-electron chi connectivity index (χ1n) is 6.90. The molecule has 0 fully saturated rings. The second-order valence-electron chi connectivity index (χ2n) is 5.65. The van der Waals surface area contributed by atoms with Gasteiger partial charge in [0, 0.05) is 23.4 Å². The highest BCUT2D eigenvalue weighted by molar-refractivity contribution is 7.11. The Labute approximate surface area is 123 Å². The minimum absolute atomic E-state index is 0.0650. The van der Waals surface area contributed by atoms with Gasteiger partial charge in [-0.05, 0) is 27.2 Å². The molecule has 0 unspecified atom stereocenters. The lowest BCUT2D eigenvalue weighted by atomic mass is 10.1. The molecule has 0 saturated heterocycles. The van der Waals surface area contributed by atoms with Gasteiger partial charge in [-0.2, -0.15) is 0 Å². The molecule has 1 aromatic heterocycles. The predicted molar refractivity (Wildman–Crippen MR) is 78.6 cm³/mol. The van der Waals surface area contributed by atoms with Crippen LogP contribution in [0.5, 0.6) is 0 Å². The van der Waals surface area contributed by atoms with Gasteiger partial charge >= 0.3 is 0 Å². The third kappa shape index (κ3) is 6.72. The van der Waals surface area contributed by atoms with E-state index in [0.717, 1.165) is 23.7 Å². The molecule has 0 amide bonds. The largest absolute Gasteiger partial charge is 0.375 e. The van der Waals surface area contributed by atoms with Crippen LogP contribution in [0.2, 0.25) is 0 Å². The number of rotatable bonds is 8. The van der Waals surface area contributed by atoms with Gasteiger partial charge in [0.1, 0.15) is 6.61 Å². The van der Waals surface area contributed by atoms with Crippen molar-refractivity contribution in [2.75, 3.05) is 13.2 Å². The van der Waals surface area contributed by atoms with Crippen molar-refractivity contribution < 1.29 is 13.5 Å². The van der Waals surface area contributed by atoms with Crippen LogP contribution in [-0.2, 0) is 24.1 Å². The van der Waals surface area contributed by atoms with Crippen molar-refractivity contribution in [3.05, 3.63) is 15.6 Å². The summed E-state index contributed by atoms with van der Waals surface area (Å²) in [5, 5.41) is 4.41. The summed E-state index contributed by atoms with van der Waals surface area (Å²) >= 11 is 1.64. The topological polar surface area (TPSA) is 34.1 Å². The van der Waals surface area contributed by atoms with E-state index < -0.39 is 13.0 Å². The minimum atomic E-state index is -2.40. The van der Waals surface area contributed by atoms with Crippen LogP contribution >= 0.6 is 11.3 Å². The molecule has 0 spiro atoms. The zero-order chi connectivity index (χ0) is 15.2. The van der Waals surface area contributed by atoms with Gasteiger partial charge in [0.2, 0.25) is 0 Å². The average molecular weight is 306 g/mol. The molecule has 1 rings (SSSR count). The molecule has 1 aromatic rings. The molecular formula is C14H24F2N2OS. The SMILES string of the molecule is CCc1nc(CCOCC(F)F)sc1CNC(C)(C)C. The van der Waals surface area contributed by atoms with E-state index in [1.165, 1.54) is 4.88 Å². The van der Waals surface area contributed by atoms with Crippen LogP contribution < -0.4 is 5.32 Å². The number of alkyl halides is 2. The lowest BCUT2D eigenvalue weighted by Crippen LogP contribution is -2.35. The van der Waals surface area contributed by atoms with Gasteiger partial charge in [0.25, 0.3) is 6.43 Å². The summed E-state index contributed by atoms with van der Waals surface area (Å²) in [5.41, 5.74) is 1.16. The Kier molecular flexibility index (Phi) is 6.99. The third-order valence-electron chi connectivity index (χ3n) is 2.64. The zero-order valence-corrected chi connectivity index (χ0v) is 13.4. The smallest absolute Gasteiger partial charge is 0.261 e. The summed E-state index contributed by atoms with van der Waals surface area (Å²) in [6.45, 7) is 9.04. The second kappa shape index (κ2) is 8.00. The van der Waals surface area contributed by atoms with Crippen LogP contribution in [-0.4, -0.2) is 30.2 Å². The molecule has 0 bridgehead atoms. The maximum atomic E-state index is 11.9. The highest BCUT2D eigenvalue weighted by Gasteiger charge is 2.14. The molecule has 1 heterocycles. The van der Waals surface area contributed by atoms with E-state index in [9.17, 15) is 8.78 Å². The first-order valence-corrected chi connectivity index (χ1v) is 7.72. The van der Waals surface area contributed by atoms with E-state index in [0.29, 0.717) is 13.0 Å². The summed E-state index contributed by atoms with van der Waals surface area (Å²) in [7, 11) is 0. The first-order chi connectivity index (χ1) is 9.31. The third-order valence-corrected chi connectivity index (χ3v) is 3.80. The summed E-state index contributed by atoms with van der Waals surface area (Å²) < 4.78 is 28.8.